The van der Waals surface area contributed by atoms with Crippen molar-refractivity contribution in [1.29, 1.82) is 0 Å². The molecule has 6 nitrogen and oxygen atoms in total. The maximum atomic E-state index is 11.4. The van der Waals surface area contributed by atoms with E-state index >= 15 is 0 Å². The number of hydrogen-bond donors (Lipinski definition) is 2. The Bertz CT molecular complexity index is 463. The lowest BCUT2D eigenvalue weighted by atomic mass is 10.3. The Morgan fingerprint density at radius 2 is 2.14 bits per heavy atom. The number of nitrogens with two attached hydrogens (primary N) is 1. The highest BCUT2D eigenvalue weighted by Crippen LogP contribution is 2.14. The average molecular weight is 294 g/mol. The van der Waals surface area contributed by atoms with Crippen LogP contribution in [0.2, 0.25) is 0 Å². The van der Waals surface area contributed by atoms with Gasteiger partial charge in [0.15, 0.2) is 6.61 Å². The maximum Gasteiger partial charge on any atom is 0.309 e. The largest absolute Gasteiger partial charge is 0.493 e. The van der Waals surface area contributed by atoms with E-state index in [4.69, 9.17) is 15.2 Å². The van der Waals surface area contributed by atoms with Gasteiger partial charge < -0.3 is 20.5 Å². The third-order valence-electron chi connectivity index (χ3n) is 2.65. The predicted octanol–water partition coefficient (Wildman–Crippen LogP) is 1.50. The van der Waals surface area contributed by atoms with Gasteiger partial charge in [0.05, 0.1) is 13.0 Å². The number of amides is 1. The monoisotopic (exact) mass is 294 g/mol. The molecule has 1 aromatic rings. The quantitative estimate of drug-likeness (QED) is 0.409. The van der Waals surface area contributed by atoms with E-state index in [1.807, 2.05) is 6.92 Å². The maximum absolute atomic E-state index is 11.4. The van der Waals surface area contributed by atoms with Crippen molar-refractivity contribution in [3.63, 3.8) is 0 Å². The number of carbonyl (C=O) groups excluding carboxylic acids is 2. The molecule has 0 aliphatic rings. The summed E-state index contributed by atoms with van der Waals surface area (Å²) < 4.78 is 10.2. The molecule has 0 aliphatic carbocycles. The number of benzene rings is 1. The molecule has 1 amide bonds. The van der Waals surface area contributed by atoms with Gasteiger partial charge in [0.25, 0.3) is 5.91 Å². The first-order valence-electron chi connectivity index (χ1n) is 7.02. The molecule has 1 rings (SSSR count). The van der Waals surface area contributed by atoms with Gasteiger partial charge in [-0.25, -0.2) is 0 Å². The number of hydrogen-bond acceptors (Lipinski definition) is 5. The molecule has 21 heavy (non-hydrogen) atoms. The summed E-state index contributed by atoms with van der Waals surface area (Å²) >= 11 is 0. The van der Waals surface area contributed by atoms with Crippen molar-refractivity contribution in [3.8, 4) is 5.75 Å². The van der Waals surface area contributed by atoms with Gasteiger partial charge in [-0.2, -0.15) is 0 Å². The molecule has 0 aromatic heterocycles. The minimum atomic E-state index is -0.468. The molecule has 0 atom stereocenters. The van der Waals surface area contributed by atoms with Crippen molar-refractivity contribution in [3.05, 3.63) is 24.3 Å². The molecule has 0 spiro atoms. The second-order valence-electron chi connectivity index (χ2n) is 4.54. The van der Waals surface area contributed by atoms with E-state index in [9.17, 15) is 9.59 Å². The number of unbranched alkanes of at least 4 members (excludes halogenated alkanes) is 1. The van der Waals surface area contributed by atoms with Gasteiger partial charge in [-0.15, -0.1) is 0 Å². The lowest BCUT2D eigenvalue weighted by Gasteiger charge is -2.08. The molecule has 1 aromatic carbocycles. The van der Waals surface area contributed by atoms with E-state index in [1.165, 1.54) is 0 Å². The van der Waals surface area contributed by atoms with Crippen LogP contribution in [0.5, 0.6) is 5.75 Å². The predicted molar refractivity (Wildman–Crippen MR) is 79.8 cm³/mol. The minimum absolute atomic E-state index is 0.0804. The lowest BCUT2D eigenvalue weighted by molar-refractivity contribution is -0.149. The van der Waals surface area contributed by atoms with Crippen LogP contribution >= 0.6 is 0 Å². The summed E-state index contributed by atoms with van der Waals surface area (Å²) in [4.78, 5) is 22.7. The normalized spacial score (nSPS) is 9.95. The van der Waals surface area contributed by atoms with Crippen molar-refractivity contribution >= 4 is 17.6 Å². The number of anilines is 1. The van der Waals surface area contributed by atoms with E-state index in [0.717, 1.165) is 12.8 Å². The van der Waals surface area contributed by atoms with Gasteiger partial charge in [-0.05, 0) is 18.6 Å². The summed E-state index contributed by atoms with van der Waals surface area (Å²) in [6, 6.07) is 6.94. The van der Waals surface area contributed by atoms with Crippen LogP contribution in [-0.4, -0.2) is 31.6 Å². The van der Waals surface area contributed by atoms with Crippen molar-refractivity contribution in [1.82, 2.24) is 5.32 Å². The molecule has 0 fully saturated rings. The zero-order valence-electron chi connectivity index (χ0n) is 12.3. The van der Waals surface area contributed by atoms with Crippen LogP contribution < -0.4 is 15.8 Å². The van der Waals surface area contributed by atoms with Crippen molar-refractivity contribution in [2.24, 2.45) is 0 Å². The number of carbonyl (C=O) groups is 2. The molecule has 0 bridgehead atoms. The summed E-state index contributed by atoms with van der Waals surface area (Å²) in [5.74, 6) is -0.154. The first-order chi connectivity index (χ1) is 10.1. The highest BCUT2D eigenvalue weighted by Gasteiger charge is 2.07. The Balaban J connectivity index is 2.12. The Labute approximate surface area is 124 Å². The average Bonchev–Trinajstić information content (AvgIpc) is 2.45. The topological polar surface area (TPSA) is 90.6 Å². The van der Waals surface area contributed by atoms with Crippen molar-refractivity contribution in [2.75, 3.05) is 25.5 Å². The van der Waals surface area contributed by atoms with Crippen LogP contribution in [0, 0.1) is 0 Å². The first-order valence-corrected chi connectivity index (χ1v) is 7.02. The lowest BCUT2D eigenvalue weighted by Crippen LogP contribution is -2.29. The summed E-state index contributed by atoms with van der Waals surface area (Å²) in [6.45, 7) is 2.57. The van der Waals surface area contributed by atoms with Crippen LogP contribution in [0.1, 0.15) is 26.2 Å². The van der Waals surface area contributed by atoms with Gasteiger partial charge in [0.2, 0.25) is 0 Å². The van der Waals surface area contributed by atoms with Gasteiger partial charge in [0, 0.05) is 18.3 Å². The van der Waals surface area contributed by atoms with Crippen LogP contribution in [0.4, 0.5) is 5.69 Å². The minimum Gasteiger partial charge on any atom is -0.493 e. The molecule has 0 radical (unpaired) electrons. The van der Waals surface area contributed by atoms with Crippen LogP contribution in [-0.2, 0) is 14.3 Å². The van der Waals surface area contributed by atoms with Gasteiger partial charge in [0.1, 0.15) is 5.75 Å². The highest BCUT2D eigenvalue weighted by molar-refractivity contribution is 5.80. The summed E-state index contributed by atoms with van der Waals surface area (Å²) in [5, 5.41) is 2.67. The Morgan fingerprint density at radius 1 is 1.33 bits per heavy atom. The van der Waals surface area contributed by atoms with Gasteiger partial charge >= 0.3 is 5.97 Å². The number of esters is 1. The second-order valence-corrected chi connectivity index (χ2v) is 4.54. The fourth-order valence-corrected chi connectivity index (χ4v) is 1.53. The van der Waals surface area contributed by atoms with Crippen molar-refractivity contribution < 1.29 is 19.1 Å². The molecule has 6 heteroatoms. The Hall–Kier alpha value is -2.24. The summed E-state index contributed by atoms with van der Waals surface area (Å²) in [7, 11) is 0. The van der Waals surface area contributed by atoms with Crippen LogP contribution in [0.15, 0.2) is 24.3 Å². The molecule has 3 N–H and O–H groups in total. The molecule has 0 aliphatic heterocycles. The molecule has 0 saturated heterocycles. The first kappa shape index (κ1) is 16.8. The smallest absolute Gasteiger partial charge is 0.309 e. The van der Waals surface area contributed by atoms with Crippen molar-refractivity contribution in [2.45, 2.75) is 26.2 Å². The molecule has 116 valence electrons. The van der Waals surface area contributed by atoms with E-state index in [1.54, 1.807) is 24.3 Å². The van der Waals surface area contributed by atoms with Crippen LogP contribution in [0.25, 0.3) is 0 Å². The van der Waals surface area contributed by atoms with E-state index in [2.05, 4.69) is 5.32 Å². The molecule has 0 unspecified atom stereocenters. The number of nitrogens with one attached hydrogen (secondary N) is 1. The Kier molecular flexibility index (Phi) is 7.71. The fourth-order valence-electron chi connectivity index (χ4n) is 1.53. The second kappa shape index (κ2) is 9.63. The molecular weight excluding hydrogens is 272 g/mol. The third-order valence-corrected chi connectivity index (χ3v) is 2.65. The highest BCUT2D eigenvalue weighted by atomic mass is 16.5. The van der Waals surface area contributed by atoms with Gasteiger partial charge in [-0.3, -0.25) is 9.59 Å². The molecular formula is C15H22N2O4. The van der Waals surface area contributed by atoms with Gasteiger partial charge in [-0.1, -0.05) is 19.4 Å². The van der Waals surface area contributed by atoms with Crippen LogP contribution in [0.3, 0.4) is 0 Å². The molecule has 0 saturated carbocycles. The van der Waals surface area contributed by atoms with E-state index < -0.39 is 5.97 Å². The number of ether oxygens (including phenoxy) is 2. The summed E-state index contributed by atoms with van der Waals surface area (Å²) in [5.41, 5.74) is 6.20. The Morgan fingerprint density at radius 3 is 2.86 bits per heavy atom. The number of nitrogen functional groups attached to an aromatic ring is 1. The van der Waals surface area contributed by atoms with E-state index in [-0.39, 0.29) is 25.5 Å². The standard InChI is InChI=1S/C15H22N2O4/c1-2-3-8-17-14(18)11-21-15(19)7-9-20-13-6-4-5-12(16)10-13/h4-6,10H,2-3,7-9,11,16H2,1H3,(H,17,18). The summed E-state index contributed by atoms with van der Waals surface area (Å²) in [6.07, 6.45) is 1.99. The fraction of sp³-hybridized carbons (Fsp3) is 0.467. The zero-order chi connectivity index (χ0) is 15.5. The SMILES string of the molecule is CCCCNC(=O)COC(=O)CCOc1cccc(N)c1. The third kappa shape index (κ3) is 7.81. The molecule has 0 heterocycles. The zero-order valence-corrected chi connectivity index (χ0v) is 12.3. The number of rotatable bonds is 9. The van der Waals surface area contributed by atoms with E-state index in [0.29, 0.717) is 18.0 Å².